The predicted molar refractivity (Wildman–Crippen MR) is 164 cm³/mol. The number of hydrogen-bond acceptors (Lipinski definition) is 6. The lowest BCUT2D eigenvalue weighted by Gasteiger charge is -2.35. The Labute approximate surface area is 247 Å². The molecular formula is C34H41N5O3. The van der Waals surface area contributed by atoms with Gasteiger partial charge in [-0.3, -0.25) is 9.36 Å². The molecule has 2 heterocycles. The van der Waals surface area contributed by atoms with Crippen LogP contribution in [0.4, 0.5) is 0 Å². The van der Waals surface area contributed by atoms with Gasteiger partial charge in [0.05, 0.1) is 35.1 Å². The lowest BCUT2D eigenvalue weighted by molar-refractivity contribution is -0.118. The maximum Gasteiger partial charge on any atom is 0.259 e. The number of nitriles is 1. The molecule has 1 atom stereocenters. The normalized spacial score (nSPS) is 18.2. The molecule has 1 N–H and O–H groups in total. The van der Waals surface area contributed by atoms with Gasteiger partial charge in [0.15, 0.2) is 0 Å². The topological polar surface area (TPSA) is 105 Å². The third-order valence-corrected chi connectivity index (χ3v) is 8.57. The first kappa shape index (κ1) is 29.7. The fourth-order valence-corrected chi connectivity index (χ4v) is 5.96. The number of rotatable bonds is 9. The summed E-state index contributed by atoms with van der Waals surface area (Å²) in [5.41, 5.74) is 4.33. The van der Waals surface area contributed by atoms with Gasteiger partial charge in [-0.25, -0.2) is 4.52 Å². The molecule has 42 heavy (non-hydrogen) atoms. The molecule has 0 radical (unpaired) electrons. The maximum atomic E-state index is 14.3. The van der Waals surface area contributed by atoms with Gasteiger partial charge in [-0.2, -0.15) is 15.3 Å². The monoisotopic (exact) mass is 567 g/mol. The van der Waals surface area contributed by atoms with E-state index >= 15 is 0 Å². The summed E-state index contributed by atoms with van der Waals surface area (Å²) in [6, 6.07) is 18.0. The van der Waals surface area contributed by atoms with Gasteiger partial charge in [0.2, 0.25) is 5.78 Å². The molecule has 1 fully saturated rings. The van der Waals surface area contributed by atoms with E-state index in [4.69, 9.17) is 14.8 Å². The number of hydrogen-bond donors (Lipinski definition) is 1. The third-order valence-electron chi connectivity index (χ3n) is 8.57. The predicted octanol–water partition coefficient (Wildman–Crippen LogP) is 5.94. The Balaban J connectivity index is 1.48. The summed E-state index contributed by atoms with van der Waals surface area (Å²) >= 11 is 0. The molecule has 1 aliphatic rings. The zero-order valence-corrected chi connectivity index (χ0v) is 25.3. The first-order valence-corrected chi connectivity index (χ1v) is 15.1. The third kappa shape index (κ3) is 6.04. The average Bonchev–Trinajstić information content (AvgIpc) is 3.36. The fraction of sp³-hybridized carbons (Fsp3) is 0.471. The van der Waals surface area contributed by atoms with Gasteiger partial charge in [0, 0.05) is 18.0 Å². The van der Waals surface area contributed by atoms with Crippen LogP contribution in [0.3, 0.4) is 0 Å². The molecule has 4 aromatic rings. The van der Waals surface area contributed by atoms with Crippen LogP contribution < -0.4 is 5.56 Å². The minimum atomic E-state index is -0.902. The van der Waals surface area contributed by atoms with Crippen LogP contribution in [0.1, 0.15) is 94.0 Å². The molecule has 0 aliphatic heterocycles. The number of ether oxygens (including phenoxy) is 1. The summed E-state index contributed by atoms with van der Waals surface area (Å²) in [6.45, 7) is 9.43. The molecule has 0 amide bonds. The summed E-state index contributed by atoms with van der Waals surface area (Å²) in [5.74, 6) is 1.26. The van der Waals surface area contributed by atoms with Crippen LogP contribution in [0.5, 0.6) is 0 Å². The highest BCUT2D eigenvalue weighted by atomic mass is 16.5. The highest BCUT2D eigenvalue weighted by Crippen LogP contribution is 2.32. The number of aryl methyl sites for hydroxylation is 2. The average molecular weight is 568 g/mol. The van der Waals surface area contributed by atoms with E-state index in [0.717, 1.165) is 66.5 Å². The van der Waals surface area contributed by atoms with Crippen molar-refractivity contribution in [3.63, 3.8) is 0 Å². The van der Waals surface area contributed by atoms with Crippen molar-refractivity contribution in [1.29, 1.82) is 5.26 Å². The lowest BCUT2D eigenvalue weighted by Crippen LogP contribution is -2.40. The number of fused-ring (bicyclic) bond motifs is 1. The molecule has 0 bridgehead atoms. The maximum absolute atomic E-state index is 14.3. The Bertz CT molecular complexity index is 1650. The van der Waals surface area contributed by atoms with Crippen LogP contribution in [-0.2, 0) is 17.6 Å². The number of benzene rings is 2. The summed E-state index contributed by atoms with van der Waals surface area (Å²) in [7, 11) is 0. The molecule has 1 unspecified atom stereocenters. The van der Waals surface area contributed by atoms with Crippen LogP contribution in [0.25, 0.3) is 16.9 Å². The Morgan fingerprint density at radius 3 is 2.45 bits per heavy atom. The first-order valence-electron chi connectivity index (χ1n) is 15.1. The quantitative estimate of drug-likeness (QED) is 0.268. The van der Waals surface area contributed by atoms with Crippen LogP contribution in [-0.4, -0.2) is 42.1 Å². The molecule has 220 valence electrons. The van der Waals surface area contributed by atoms with Gasteiger partial charge >= 0.3 is 0 Å². The van der Waals surface area contributed by atoms with Crippen molar-refractivity contribution < 1.29 is 9.84 Å². The summed E-state index contributed by atoms with van der Waals surface area (Å²) in [4.78, 5) is 19.1. The van der Waals surface area contributed by atoms with Crippen molar-refractivity contribution in [1.82, 2.24) is 19.2 Å². The summed E-state index contributed by atoms with van der Waals surface area (Å²) in [5, 5.41) is 24.6. The molecule has 5 rings (SSSR count). The molecular weight excluding hydrogens is 526 g/mol. The van der Waals surface area contributed by atoms with E-state index in [1.807, 2.05) is 71.5 Å². The van der Waals surface area contributed by atoms with Gasteiger partial charge in [0.1, 0.15) is 5.82 Å². The van der Waals surface area contributed by atoms with E-state index in [1.165, 1.54) is 0 Å². The zero-order chi connectivity index (χ0) is 30.0. The fourth-order valence-electron chi connectivity index (χ4n) is 5.96. The van der Waals surface area contributed by atoms with Crippen molar-refractivity contribution in [3.05, 3.63) is 87.1 Å². The second kappa shape index (κ2) is 12.2. The van der Waals surface area contributed by atoms with Crippen molar-refractivity contribution in [2.75, 3.05) is 0 Å². The largest absolute Gasteiger partial charge is 0.388 e. The van der Waals surface area contributed by atoms with E-state index in [-0.39, 0.29) is 23.8 Å². The van der Waals surface area contributed by atoms with Crippen LogP contribution in [0.2, 0.25) is 0 Å². The molecule has 2 aromatic carbocycles. The van der Waals surface area contributed by atoms with Crippen LogP contribution >= 0.6 is 0 Å². The first-order chi connectivity index (χ1) is 20.1. The molecule has 1 aliphatic carbocycles. The highest BCUT2D eigenvalue weighted by Gasteiger charge is 2.31. The standard InChI is InChI=1S/C34H41N5O3/c1-6-9-31-30(20-24-12-14-25(15-13-24)29-11-8-7-10-26(29)21-35)32(40)38(33-36-23(3)37-39(31)33)27-16-18-28(19-17-27)42-22(2)34(4,5)41/h7-8,10-15,22,27-28,41H,6,9,16-20H2,1-5H3. The Kier molecular flexibility index (Phi) is 8.63. The van der Waals surface area contributed by atoms with Crippen LogP contribution in [0, 0.1) is 18.3 Å². The SMILES string of the molecule is CCCc1c(Cc2ccc(-c3ccccc3C#N)cc2)c(=O)n(C2CCC(OC(C)C(C)(C)O)CC2)c2nc(C)nn12. The molecule has 8 nitrogen and oxygen atoms in total. The zero-order valence-electron chi connectivity index (χ0n) is 25.3. The molecule has 2 aromatic heterocycles. The van der Waals surface area contributed by atoms with Gasteiger partial charge in [-0.1, -0.05) is 55.8 Å². The highest BCUT2D eigenvalue weighted by molar-refractivity contribution is 5.70. The number of nitrogens with zero attached hydrogens (tertiary/aromatic N) is 5. The van der Waals surface area contributed by atoms with Crippen molar-refractivity contribution in [2.45, 2.75) is 103 Å². The Morgan fingerprint density at radius 2 is 1.81 bits per heavy atom. The van der Waals surface area contributed by atoms with E-state index in [1.54, 1.807) is 13.8 Å². The smallest absolute Gasteiger partial charge is 0.259 e. The van der Waals surface area contributed by atoms with E-state index in [9.17, 15) is 15.2 Å². The minimum absolute atomic E-state index is 0.000165. The lowest BCUT2D eigenvalue weighted by atomic mass is 9.91. The van der Waals surface area contributed by atoms with E-state index < -0.39 is 5.60 Å². The van der Waals surface area contributed by atoms with Gasteiger partial charge in [-0.15, -0.1) is 0 Å². The number of aliphatic hydroxyl groups is 1. The van der Waals surface area contributed by atoms with Crippen molar-refractivity contribution >= 4 is 5.78 Å². The van der Waals surface area contributed by atoms with Gasteiger partial charge in [-0.05, 0) is 82.6 Å². The van der Waals surface area contributed by atoms with Crippen molar-refractivity contribution in [3.8, 4) is 17.2 Å². The molecule has 1 saturated carbocycles. The second-order valence-electron chi connectivity index (χ2n) is 12.1. The van der Waals surface area contributed by atoms with E-state index in [2.05, 4.69) is 13.0 Å². The minimum Gasteiger partial charge on any atom is -0.388 e. The van der Waals surface area contributed by atoms with Crippen LogP contribution in [0.15, 0.2) is 53.3 Å². The van der Waals surface area contributed by atoms with Crippen molar-refractivity contribution in [2.24, 2.45) is 0 Å². The molecule has 0 spiro atoms. The summed E-state index contributed by atoms with van der Waals surface area (Å²) < 4.78 is 9.95. The summed E-state index contributed by atoms with van der Waals surface area (Å²) in [6.07, 6.45) is 5.11. The van der Waals surface area contributed by atoms with E-state index in [0.29, 0.717) is 23.6 Å². The Hall–Kier alpha value is -3.80. The second-order valence-corrected chi connectivity index (χ2v) is 12.1. The van der Waals surface area contributed by atoms with Gasteiger partial charge in [0.25, 0.3) is 5.56 Å². The van der Waals surface area contributed by atoms with Gasteiger partial charge < -0.3 is 9.84 Å². The molecule has 8 heteroatoms. The molecule has 0 saturated heterocycles. The Morgan fingerprint density at radius 1 is 1.12 bits per heavy atom. The number of aromatic nitrogens is 4.